The van der Waals surface area contributed by atoms with Gasteiger partial charge < -0.3 is 4.79 Å². The summed E-state index contributed by atoms with van der Waals surface area (Å²) < 4.78 is 0. The number of hydrogen-bond donors (Lipinski definition) is 0. The van der Waals surface area contributed by atoms with Gasteiger partial charge in [0, 0.05) is 6.42 Å². The third-order valence-electron chi connectivity index (χ3n) is 1.50. The number of unbranched alkanes of at least 4 members (excludes halogenated alkanes) is 2. The van der Waals surface area contributed by atoms with E-state index in [1.165, 1.54) is 25.7 Å². The molecule has 0 aliphatic carbocycles. The van der Waals surface area contributed by atoms with E-state index in [0.29, 0.717) is 6.42 Å². The van der Waals surface area contributed by atoms with Gasteiger partial charge in [0.05, 0.1) is 0 Å². The maximum atomic E-state index is 9.81. The maximum absolute atomic E-state index is 9.81. The largest absolute Gasteiger partial charge is 0.300 e. The molecule has 0 aromatic carbocycles. The van der Waals surface area contributed by atoms with Gasteiger partial charge in [0.15, 0.2) is 0 Å². The Kier molecular flexibility index (Phi) is 32.1. The highest BCUT2D eigenvalue weighted by Crippen LogP contribution is 1.77. The molecule has 0 atom stereocenters. The Morgan fingerprint density at radius 3 is 0.923 bits per heavy atom. The molecule has 0 spiro atoms. The predicted octanol–water partition coefficient (Wildman–Crippen LogP) is 4.60. The highest BCUT2D eigenvalue weighted by Gasteiger charge is 1.76. The molecule has 82 valence electrons. The van der Waals surface area contributed by atoms with Gasteiger partial charge in [-0.2, -0.15) is 0 Å². The minimum Gasteiger partial charge on any atom is -0.300 e. The summed E-state index contributed by atoms with van der Waals surface area (Å²) in [5.41, 5.74) is 0. The molecule has 0 fully saturated rings. The van der Waals surface area contributed by atoms with Crippen LogP contribution in [0.2, 0.25) is 0 Å². The second-order valence-electron chi connectivity index (χ2n) is 3.06. The van der Waals surface area contributed by atoms with Crippen LogP contribution in [0, 0.1) is 0 Å². The first-order chi connectivity index (χ1) is 6.10. The van der Waals surface area contributed by atoms with E-state index in [9.17, 15) is 4.79 Å². The van der Waals surface area contributed by atoms with Crippen molar-refractivity contribution in [3.05, 3.63) is 0 Å². The Labute approximate surface area is 84.9 Å². The highest BCUT2D eigenvalue weighted by atomic mass is 16.1. The summed E-state index contributed by atoms with van der Waals surface area (Å²) in [7, 11) is 0. The number of Topliss-reactive ketones (excluding diaryl/α,β-unsaturated/α-hetero) is 1. The van der Waals surface area contributed by atoms with E-state index in [4.69, 9.17) is 0 Å². The molecule has 0 aromatic rings. The van der Waals surface area contributed by atoms with Crippen molar-refractivity contribution in [3.8, 4) is 0 Å². The number of ketones is 1. The number of rotatable bonds is 3. The molecule has 0 aliphatic heterocycles. The first-order valence-corrected chi connectivity index (χ1v) is 5.59. The fourth-order valence-electron chi connectivity index (χ4n) is 0. The van der Waals surface area contributed by atoms with Gasteiger partial charge in [0.25, 0.3) is 0 Å². The minimum atomic E-state index is 0.255. The van der Waals surface area contributed by atoms with Crippen LogP contribution < -0.4 is 0 Å². The second kappa shape index (κ2) is 22.6. The van der Waals surface area contributed by atoms with Crippen LogP contribution in [0.5, 0.6) is 0 Å². The topological polar surface area (TPSA) is 17.1 Å². The van der Waals surface area contributed by atoms with Gasteiger partial charge >= 0.3 is 0 Å². The quantitative estimate of drug-likeness (QED) is 0.632. The Morgan fingerprint density at radius 1 is 0.769 bits per heavy atom. The normalized spacial score (nSPS) is 7.54. The van der Waals surface area contributed by atoms with Crippen LogP contribution >= 0.6 is 0 Å². The third-order valence-corrected chi connectivity index (χ3v) is 1.50. The first-order valence-electron chi connectivity index (χ1n) is 5.59. The van der Waals surface area contributed by atoms with Crippen molar-refractivity contribution in [2.75, 3.05) is 0 Å². The van der Waals surface area contributed by atoms with Crippen molar-refractivity contribution in [2.45, 2.75) is 73.6 Å². The molecule has 0 amide bonds. The summed E-state index contributed by atoms with van der Waals surface area (Å²) in [6.07, 6.45) is 5.94. The number of hydrogen-bond acceptors (Lipinski definition) is 1. The minimum absolute atomic E-state index is 0.255. The standard InChI is InChI=1S/C4H8O.2C4H10/c1-3-4(2)5;2*1-3-4-2/h3H2,1-2H3;2*3-4H2,1-2H3. The van der Waals surface area contributed by atoms with E-state index in [1.54, 1.807) is 6.92 Å². The summed E-state index contributed by atoms with van der Waals surface area (Å²) in [5, 5.41) is 0. The van der Waals surface area contributed by atoms with E-state index in [1.807, 2.05) is 6.92 Å². The molecule has 0 N–H and O–H groups in total. The fraction of sp³-hybridized carbons (Fsp3) is 0.917. The van der Waals surface area contributed by atoms with Crippen LogP contribution in [0.3, 0.4) is 0 Å². The molecule has 0 radical (unpaired) electrons. The van der Waals surface area contributed by atoms with Crippen molar-refractivity contribution >= 4 is 5.78 Å². The van der Waals surface area contributed by atoms with E-state index in [-0.39, 0.29) is 5.78 Å². The van der Waals surface area contributed by atoms with Gasteiger partial charge in [0.2, 0.25) is 0 Å². The van der Waals surface area contributed by atoms with Gasteiger partial charge in [-0.25, -0.2) is 0 Å². The van der Waals surface area contributed by atoms with Gasteiger partial charge in [-0.1, -0.05) is 60.3 Å². The molecule has 0 heterocycles. The SMILES string of the molecule is CCC(C)=O.CCCC.CCCC. The molecule has 0 unspecified atom stereocenters. The fourth-order valence-corrected chi connectivity index (χ4v) is 0. The molecule has 0 rings (SSSR count). The summed E-state index contributed by atoms with van der Waals surface area (Å²) in [6.45, 7) is 12.2. The third kappa shape index (κ3) is 81.0. The highest BCUT2D eigenvalue weighted by molar-refractivity contribution is 5.74. The molecule has 0 saturated heterocycles. The lowest BCUT2D eigenvalue weighted by Gasteiger charge is -1.71. The van der Waals surface area contributed by atoms with Crippen molar-refractivity contribution in [1.82, 2.24) is 0 Å². The Hall–Kier alpha value is -0.330. The average Bonchev–Trinajstić information content (AvgIpc) is 2.18. The summed E-state index contributed by atoms with van der Waals surface area (Å²) in [5.74, 6) is 0.255. The van der Waals surface area contributed by atoms with Crippen molar-refractivity contribution in [1.29, 1.82) is 0 Å². The zero-order valence-corrected chi connectivity index (χ0v) is 10.4. The van der Waals surface area contributed by atoms with Gasteiger partial charge in [-0.15, -0.1) is 0 Å². The van der Waals surface area contributed by atoms with Crippen molar-refractivity contribution < 1.29 is 4.79 Å². The Bertz CT molecular complexity index is 69.2. The summed E-state index contributed by atoms with van der Waals surface area (Å²) >= 11 is 0. The van der Waals surface area contributed by atoms with Crippen molar-refractivity contribution in [3.63, 3.8) is 0 Å². The molecule has 1 heteroatoms. The van der Waals surface area contributed by atoms with Crippen LogP contribution in [-0.2, 0) is 4.79 Å². The molecule has 0 saturated carbocycles. The van der Waals surface area contributed by atoms with E-state index in [2.05, 4.69) is 27.7 Å². The summed E-state index contributed by atoms with van der Waals surface area (Å²) in [4.78, 5) is 9.81. The first kappa shape index (κ1) is 18.5. The maximum Gasteiger partial charge on any atom is 0.129 e. The molecule has 13 heavy (non-hydrogen) atoms. The van der Waals surface area contributed by atoms with E-state index >= 15 is 0 Å². The molecular formula is C12H28O. The zero-order valence-electron chi connectivity index (χ0n) is 10.4. The molecule has 1 nitrogen and oxygen atoms in total. The van der Waals surface area contributed by atoms with Gasteiger partial charge in [-0.05, 0) is 6.92 Å². The Balaban J connectivity index is -0.000000117. The second-order valence-corrected chi connectivity index (χ2v) is 3.06. The Morgan fingerprint density at radius 2 is 0.923 bits per heavy atom. The van der Waals surface area contributed by atoms with E-state index in [0.717, 1.165) is 0 Å². The van der Waals surface area contributed by atoms with E-state index < -0.39 is 0 Å². The van der Waals surface area contributed by atoms with Crippen LogP contribution in [0.4, 0.5) is 0 Å². The predicted molar refractivity (Wildman–Crippen MR) is 62.1 cm³/mol. The lowest BCUT2D eigenvalue weighted by molar-refractivity contribution is -0.116. The van der Waals surface area contributed by atoms with Crippen LogP contribution in [0.25, 0.3) is 0 Å². The number of carbonyl (C=O) groups is 1. The molecule has 0 aromatic heterocycles. The molecule has 0 bridgehead atoms. The van der Waals surface area contributed by atoms with Crippen LogP contribution in [0.1, 0.15) is 73.6 Å². The lowest BCUT2D eigenvalue weighted by Crippen LogP contribution is -1.80. The number of carbonyl (C=O) groups excluding carboxylic acids is 1. The van der Waals surface area contributed by atoms with Gasteiger partial charge in [0.1, 0.15) is 5.78 Å². The zero-order chi connectivity index (χ0) is 11.1. The average molecular weight is 188 g/mol. The van der Waals surface area contributed by atoms with Gasteiger partial charge in [-0.3, -0.25) is 0 Å². The lowest BCUT2D eigenvalue weighted by atomic mass is 10.4. The van der Waals surface area contributed by atoms with Crippen LogP contribution in [0.15, 0.2) is 0 Å². The molecular weight excluding hydrogens is 160 g/mol. The summed E-state index contributed by atoms with van der Waals surface area (Å²) in [6, 6.07) is 0. The smallest absolute Gasteiger partial charge is 0.129 e. The van der Waals surface area contributed by atoms with Crippen molar-refractivity contribution in [2.24, 2.45) is 0 Å². The monoisotopic (exact) mass is 188 g/mol. The molecule has 0 aliphatic rings. The van der Waals surface area contributed by atoms with Crippen LogP contribution in [-0.4, -0.2) is 5.78 Å².